The molecule has 0 spiro atoms. The predicted molar refractivity (Wildman–Crippen MR) is 90.9 cm³/mol. The molecule has 1 saturated heterocycles. The molecule has 3 aromatic heterocycles. The van der Waals surface area contributed by atoms with Gasteiger partial charge in [0.2, 0.25) is 11.7 Å². The zero-order chi connectivity index (χ0) is 17.4. The molecule has 4 rings (SSSR count). The van der Waals surface area contributed by atoms with Crippen molar-refractivity contribution in [1.82, 2.24) is 29.1 Å². The summed E-state index contributed by atoms with van der Waals surface area (Å²) in [6.45, 7) is 0.856. The lowest BCUT2D eigenvalue weighted by Crippen LogP contribution is -2.43. The molecule has 0 aliphatic carbocycles. The second-order valence-corrected chi connectivity index (χ2v) is 7.81. The molecule has 10 heteroatoms. The van der Waals surface area contributed by atoms with Crippen LogP contribution in [0.15, 0.2) is 29.0 Å². The summed E-state index contributed by atoms with van der Waals surface area (Å²) in [6, 6.07) is 3.81. The molecule has 1 aliphatic heterocycles. The van der Waals surface area contributed by atoms with E-state index in [-0.39, 0.29) is 5.92 Å². The highest BCUT2D eigenvalue weighted by Gasteiger charge is 2.30. The maximum Gasteiger partial charge on any atom is 0.279 e. The van der Waals surface area contributed by atoms with Gasteiger partial charge in [-0.2, -0.15) is 17.7 Å². The van der Waals surface area contributed by atoms with Gasteiger partial charge in [0.15, 0.2) is 0 Å². The number of aromatic amines is 1. The lowest BCUT2D eigenvalue weighted by Gasteiger charge is -2.28. The van der Waals surface area contributed by atoms with Gasteiger partial charge in [0.25, 0.3) is 10.2 Å². The molecule has 4 heterocycles. The first-order chi connectivity index (χ1) is 12.1. The second kappa shape index (κ2) is 6.21. The third-order valence-electron chi connectivity index (χ3n) is 4.53. The summed E-state index contributed by atoms with van der Waals surface area (Å²) in [5.74, 6) is 1.03. The second-order valence-electron chi connectivity index (χ2n) is 5.94. The molecule has 0 unspecified atom stereocenters. The van der Waals surface area contributed by atoms with Crippen molar-refractivity contribution >= 4 is 21.1 Å². The SMILES string of the molecule is CNS(=O)(=O)N1CCC(c2nc(-c3nccc4[nH]ccc34)no2)CC1. The van der Waals surface area contributed by atoms with Crippen molar-refractivity contribution in [3.8, 4) is 11.5 Å². The minimum Gasteiger partial charge on any atom is -0.361 e. The van der Waals surface area contributed by atoms with Crippen LogP contribution in [0.25, 0.3) is 22.4 Å². The maximum atomic E-state index is 11.8. The first kappa shape index (κ1) is 16.2. The summed E-state index contributed by atoms with van der Waals surface area (Å²) in [5, 5.41) is 5.00. The minimum absolute atomic E-state index is 0.0509. The molecular weight excluding hydrogens is 344 g/mol. The van der Waals surface area contributed by atoms with Crippen molar-refractivity contribution < 1.29 is 12.9 Å². The van der Waals surface area contributed by atoms with Crippen molar-refractivity contribution in [2.24, 2.45) is 0 Å². The molecule has 132 valence electrons. The summed E-state index contributed by atoms with van der Waals surface area (Å²) in [6.07, 6.45) is 4.83. The van der Waals surface area contributed by atoms with Gasteiger partial charge in [-0.25, -0.2) is 4.72 Å². The lowest BCUT2D eigenvalue weighted by atomic mass is 9.98. The summed E-state index contributed by atoms with van der Waals surface area (Å²) < 4.78 is 32.9. The van der Waals surface area contributed by atoms with E-state index in [0.29, 0.717) is 43.3 Å². The molecule has 9 nitrogen and oxygen atoms in total. The van der Waals surface area contributed by atoms with E-state index in [2.05, 4.69) is 24.8 Å². The molecule has 0 radical (unpaired) electrons. The van der Waals surface area contributed by atoms with Crippen molar-refractivity contribution in [2.45, 2.75) is 18.8 Å². The number of nitrogens with one attached hydrogen (secondary N) is 2. The molecule has 0 atom stereocenters. The fourth-order valence-corrected chi connectivity index (χ4v) is 4.08. The highest BCUT2D eigenvalue weighted by Crippen LogP contribution is 2.30. The molecule has 25 heavy (non-hydrogen) atoms. The lowest BCUT2D eigenvalue weighted by molar-refractivity contribution is 0.269. The Bertz CT molecular complexity index is 988. The number of nitrogens with zero attached hydrogens (tertiary/aromatic N) is 4. The van der Waals surface area contributed by atoms with E-state index < -0.39 is 10.2 Å². The topological polar surface area (TPSA) is 117 Å². The van der Waals surface area contributed by atoms with E-state index in [9.17, 15) is 8.42 Å². The number of rotatable bonds is 4. The quantitative estimate of drug-likeness (QED) is 0.721. The monoisotopic (exact) mass is 362 g/mol. The smallest absolute Gasteiger partial charge is 0.279 e. The number of piperidine rings is 1. The van der Waals surface area contributed by atoms with Gasteiger partial charge in [0, 0.05) is 49.4 Å². The fourth-order valence-electron chi connectivity index (χ4n) is 3.13. The average molecular weight is 362 g/mol. The number of pyridine rings is 1. The number of H-pyrrole nitrogens is 1. The first-order valence-corrected chi connectivity index (χ1v) is 9.47. The highest BCUT2D eigenvalue weighted by atomic mass is 32.2. The van der Waals surface area contributed by atoms with Crippen LogP contribution >= 0.6 is 0 Å². The van der Waals surface area contributed by atoms with E-state index in [1.54, 1.807) is 6.20 Å². The standard InChI is InChI=1S/C15H18N6O3S/c1-16-25(22,23)21-8-4-10(5-9-21)15-19-14(20-24-15)13-11-2-6-17-12(11)3-7-18-13/h2-3,6-7,10,16-17H,4-5,8-9H2,1H3. The molecule has 2 N–H and O–H groups in total. The average Bonchev–Trinajstić information content (AvgIpc) is 3.31. The normalized spacial score (nSPS) is 17.3. The van der Waals surface area contributed by atoms with Crippen LogP contribution in [0.4, 0.5) is 0 Å². The van der Waals surface area contributed by atoms with Crippen LogP contribution in [0.5, 0.6) is 0 Å². The number of fused-ring (bicyclic) bond motifs is 1. The number of hydrogen-bond donors (Lipinski definition) is 2. The van der Waals surface area contributed by atoms with E-state index in [1.165, 1.54) is 11.4 Å². The van der Waals surface area contributed by atoms with E-state index >= 15 is 0 Å². The minimum atomic E-state index is -3.38. The van der Waals surface area contributed by atoms with Gasteiger partial charge in [0.1, 0.15) is 5.69 Å². The number of aromatic nitrogens is 4. The summed E-state index contributed by atoms with van der Waals surface area (Å²) >= 11 is 0. The van der Waals surface area contributed by atoms with Gasteiger partial charge < -0.3 is 9.51 Å². The van der Waals surface area contributed by atoms with Crippen LogP contribution in [0, 0.1) is 0 Å². The van der Waals surface area contributed by atoms with E-state index in [0.717, 1.165) is 10.9 Å². The zero-order valence-electron chi connectivity index (χ0n) is 13.6. The summed E-state index contributed by atoms with van der Waals surface area (Å²) in [4.78, 5) is 12.0. The largest absolute Gasteiger partial charge is 0.361 e. The van der Waals surface area contributed by atoms with Crippen molar-refractivity contribution in [2.75, 3.05) is 20.1 Å². The highest BCUT2D eigenvalue weighted by molar-refractivity contribution is 7.87. The van der Waals surface area contributed by atoms with Gasteiger partial charge in [-0.05, 0) is 25.0 Å². The molecule has 0 aromatic carbocycles. The maximum absolute atomic E-state index is 11.8. The van der Waals surface area contributed by atoms with Crippen molar-refractivity contribution in [1.29, 1.82) is 0 Å². The molecule has 0 bridgehead atoms. The Morgan fingerprint density at radius 1 is 1.32 bits per heavy atom. The van der Waals surface area contributed by atoms with Gasteiger partial charge in [-0.15, -0.1) is 0 Å². The van der Waals surface area contributed by atoms with Gasteiger partial charge >= 0.3 is 0 Å². The van der Waals surface area contributed by atoms with Crippen LogP contribution in [0.2, 0.25) is 0 Å². The zero-order valence-corrected chi connectivity index (χ0v) is 14.5. The molecule has 0 amide bonds. The van der Waals surface area contributed by atoms with Crippen LogP contribution < -0.4 is 4.72 Å². The predicted octanol–water partition coefficient (Wildman–Crippen LogP) is 1.26. The fraction of sp³-hybridized carbons (Fsp3) is 0.400. The van der Waals surface area contributed by atoms with E-state index in [1.807, 2.05) is 18.3 Å². The van der Waals surface area contributed by atoms with Crippen LogP contribution in [-0.4, -0.2) is 53.0 Å². The van der Waals surface area contributed by atoms with Gasteiger partial charge in [-0.3, -0.25) is 4.98 Å². The molecule has 0 saturated carbocycles. The third-order valence-corrected chi connectivity index (χ3v) is 6.09. The Balaban J connectivity index is 1.54. The van der Waals surface area contributed by atoms with Crippen LogP contribution in [0.3, 0.4) is 0 Å². The molecule has 3 aromatic rings. The number of hydrogen-bond acceptors (Lipinski definition) is 6. The van der Waals surface area contributed by atoms with Crippen LogP contribution in [0.1, 0.15) is 24.7 Å². The molecule has 1 aliphatic rings. The van der Waals surface area contributed by atoms with Crippen LogP contribution in [-0.2, 0) is 10.2 Å². The summed E-state index contributed by atoms with van der Waals surface area (Å²) in [5.41, 5.74) is 1.63. The Kier molecular flexibility index (Phi) is 4.02. The molecule has 1 fully saturated rings. The Labute approximate surface area is 144 Å². The third kappa shape index (κ3) is 2.92. The van der Waals surface area contributed by atoms with E-state index in [4.69, 9.17) is 4.52 Å². The Hall–Kier alpha value is -2.30. The van der Waals surface area contributed by atoms with Crippen molar-refractivity contribution in [3.63, 3.8) is 0 Å². The first-order valence-electron chi connectivity index (χ1n) is 8.03. The van der Waals surface area contributed by atoms with Gasteiger partial charge in [-0.1, -0.05) is 5.16 Å². The Morgan fingerprint density at radius 3 is 2.88 bits per heavy atom. The van der Waals surface area contributed by atoms with Gasteiger partial charge in [0.05, 0.1) is 0 Å². The Morgan fingerprint density at radius 2 is 2.12 bits per heavy atom. The molecular formula is C15H18N6O3S. The van der Waals surface area contributed by atoms with Crippen molar-refractivity contribution in [3.05, 3.63) is 30.4 Å². The summed E-state index contributed by atoms with van der Waals surface area (Å²) in [7, 11) is -1.96.